The van der Waals surface area contributed by atoms with Crippen LogP contribution in [0.25, 0.3) is 0 Å². The third-order valence-electron chi connectivity index (χ3n) is 5.23. The van der Waals surface area contributed by atoms with Crippen molar-refractivity contribution in [3.63, 3.8) is 0 Å². The molecule has 1 aliphatic heterocycles. The topological polar surface area (TPSA) is 93.5 Å². The van der Waals surface area contributed by atoms with Crippen LogP contribution >= 0.6 is 0 Å². The van der Waals surface area contributed by atoms with Crippen LogP contribution in [0.2, 0.25) is 0 Å². The van der Waals surface area contributed by atoms with Gasteiger partial charge in [-0.2, -0.15) is 5.10 Å². The first kappa shape index (κ1) is 19.1. The number of carbonyl (C=O) groups excluding carboxylic acids is 1. The van der Waals surface area contributed by atoms with E-state index in [0.29, 0.717) is 30.0 Å². The van der Waals surface area contributed by atoms with Gasteiger partial charge in [0.2, 0.25) is 0 Å². The van der Waals surface area contributed by atoms with Crippen molar-refractivity contribution >= 4 is 17.6 Å². The Morgan fingerprint density at radius 3 is 2.44 bits per heavy atom. The molecule has 0 radical (unpaired) electrons. The predicted molar refractivity (Wildman–Crippen MR) is 101 cm³/mol. The molecular formula is C20H25N3O4. The number of carboxylic acid groups (broad SMARTS) is 1. The summed E-state index contributed by atoms with van der Waals surface area (Å²) in [6.45, 7) is 6.62. The van der Waals surface area contributed by atoms with Crippen LogP contribution in [0, 0.1) is 6.92 Å². The summed E-state index contributed by atoms with van der Waals surface area (Å²) in [5.74, 6) is -1.12. The fourth-order valence-corrected chi connectivity index (χ4v) is 3.24. The average Bonchev–Trinajstić information content (AvgIpc) is 3.04. The van der Waals surface area contributed by atoms with Crippen LogP contribution in [0.15, 0.2) is 30.5 Å². The highest BCUT2D eigenvalue weighted by molar-refractivity contribution is 6.04. The molecule has 1 saturated heterocycles. The minimum absolute atomic E-state index is 0.226. The molecule has 1 aromatic heterocycles. The molecule has 2 aromatic rings. The first-order valence-electron chi connectivity index (χ1n) is 9.08. The summed E-state index contributed by atoms with van der Waals surface area (Å²) in [6, 6.07) is 7.15. The number of rotatable bonds is 5. The van der Waals surface area contributed by atoms with Crippen molar-refractivity contribution in [3.05, 3.63) is 47.3 Å². The Hall–Kier alpha value is -2.67. The van der Waals surface area contributed by atoms with Crippen LogP contribution in [0.4, 0.5) is 5.69 Å². The molecular weight excluding hydrogens is 346 g/mol. The fraction of sp³-hybridized carbons (Fsp3) is 0.450. The number of aliphatic carboxylic acids is 1. The van der Waals surface area contributed by atoms with Gasteiger partial charge >= 0.3 is 5.97 Å². The first-order chi connectivity index (χ1) is 12.8. The van der Waals surface area contributed by atoms with Crippen molar-refractivity contribution in [3.8, 4) is 0 Å². The number of aromatic nitrogens is 2. The zero-order valence-electron chi connectivity index (χ0n) is 15.9. The van der Waals surface area contributed by atoms with Crippen molar-refractivity contribution in [2.24, 2.45) is 0 Å². The molecule has 0 saturated carbocycles. The second-order valence-electron chi connectivity index (χ2n) is 7.39. The SMILES string of the molecule is Cc1c(C(=O)Nc2ccc(C(C)(C)C(=O)O)cc2)cnn1C1CCOCC1. The van der Waals surface area contributed by atoms with Crippen molar-refractivity contribution in [2.75, 3.05) is 18.5 Å². The summed E-state index contributed by atoms with van der Waals surface area (Å²) >= 11 is 0. The second-order valence-corrected chi connectivity index (χ2v) is 7.39. The summed E-state index contributed by atoms with van der Waals surface area (Å²) in [5.41, 5.74) is 1.68. The lowest BCUT2D eigenvalue weighted by Gasteiger charge is -2.23. The average molecular weight is 371 g/mol. The molecule has 2 N–H and O–H groups in total. The Bertz CT molecular complexity index is 833. The fourth-order valence-electron chi connectivity index (χ4n) is 3.24. The van der Waals surface area contributed by atoms with Gasteiger partial charge in [0.25, 0.3) is 5.91 Å². The number of amides is 1. The van der Waals surface area contributed by atoms with E-state index in [2.05, 4.69) is 10.4 Å². The summed E-state index contributed by atoms with van der Waals surface area (Å²) < 4.78 is 7.30. The Kier molecular flexibility index (Phi) is 5.32. The van der Waals surface area contributed by atoms with E-state index >= 15 is 0 Å². The second kappa shape index (κ2) is 7.52. The van der Waals surface area contributed by atoms with Gasteiger partial charge in [-0.15, -0.1) is 0 Å². The smallest absolute Gasteiger partial charge is 0.313 e. The first-order valence-corrected chi connectivity index (χ1v) is 9.08. The third kappa shape index (κ3) is 3.88. The van der Waals surface area contributed by atoms with E-state index in [1.165, 1.54) is 0 Å². The van der Waals surface area contributed by atoms with E-state index in [4.69, 9.17) is 4.74 Å². The van der Waals surface area contributed by atoms with Gasteiger partial charge in [-0.05, 0) is 51.3 Å². The highest BCUT2D eigenvalue weighted by Crippen LogP contribution is 2.26. The molecule has 7 heteroatoms. The minimum Gasteiger partial charge on any atom is -0.481 e. The number of nitrogens with zero attached hydrogens (tertiary/aromatic N) is 2. The number of nitrogens with one attached hydrogen (secondary N) is 1. The summed E-state index contributed by atoms with van der Waals surface area (Å²) in [5, 5.41) is 16.6. The number of carboxylic acids is 1. The van der Waals surface area contributed by atoms with E-state index in [-0.39, 0.29) is 11.9 Å². The molecule has 1 aliphatic rings. The van der Waals surface area contributed by atoms with Gasteiger partial charge in [0.05, 0.1) is 23.2 Å². The molecule has 0 aliphatic carbocycles. The quantitative estimate of drug-likeness (QED) is 0.842. The maximum atomic E-state index is 12.6. The standard InChI is InChI=1S/C20H25N3O4/c1-13-17(12-21-23(13)16-8-10-27-11-9-16)18(24)22-15-6-4-14(5-7-15)20(2,3)19(25)26/h4-7,12,16H,8-11H2,1-3H3,(H,22,24)(H,25,26). The van der Waals surface area contributed by atoms with Gasteiger partial charge < -0.3 is 15.2 Å². The van der Waals surface area contributed by atoms with Crippen molar-refractivity contribution < 1.29 is 19.4 Å². The van der Waals surface area contributed by atoms with Gasteiger partial charge in [-0.1, -0.05) is 12.1 Å². The number of ether oxygens (including phenoxy) is 1. The van der Waals surface area contributed by atoms with Gasteiger partial charge in [0, 0.05) is 24.6 Å². The minimum atomic E-state index is -0.982. The molecule has 2 heterocycles. The number of carbonyl (C=O) groups is 2. The summed E-state index contributed by atoms with van der Waals surface area (Å²) in [6.07, 6.45) is 3.39. The molecule has 0 spiro atoms. The van der Waals surface area contributed by atoms with Crippen LogP contribution in [-0.2, 0) is 14.9 Å². The Balaban J connectivity index is 1.72. The zero-order valence-corrected chi connectivity index (χ0v) is 15.9. The van der Waals surface area contributed by atoms with Crippen LogP contribution < -0.4 is 5.32 Å². The normalized spacial score (nSPS) is 15.5. The lowest BCUT2D eigenvalue weighted by Crippen LogP contribution is -2.28. The molecule has 7 nitrogen and oxygen atoms in total. The number of hydrogen-bond acceptors (Lipinski definition) is 4. The van der Waals surface area contributed by atoms with E-state index < -0.39 is 11.4 Å². The highest BCUT2D eigenvalue weighted by Gasteiger charge is 2.29. The van der Waals surface area contributed by atoms with E-state index in [0.717, 1.165) is 18.5 Å². The van der Waals surface area contributed by atoms with Crippen LogP contribution in [0.5, 0.6) is 0 Å². The number of benzene rings is 1. The number of hydrogen-bond donors (Lipinski definition) is 2. The largest absolute Gasteiger partial charge is 0.481 e. The Morgan fingerprint density at radius 1 is 1.22 bits per heavy atom. The van der Waals surface area contributed by atoms with Crippen LogP contribution in [0.3, 0.4) is 0 Å². The predicted octanol–water partition coefficient (Wildman–Crippen LogP) is 3.16. The van der Waals surface area contributed by atoms with Gasteiger partial charge in [0.15, 0.2) is 0 Å². The number of anilines is 1. The van der Waals surface area contributed by atoms with Crippen LogP contribution in [-0.4, -0.2) is 40.0 Å². The molecule has 3 rings (SSSR count). The van der Waals surface area contributed by atoms with Gasteiger partial charge in [0.1, 0.15) is 0 Å². The Morgan fingerprint density at radius 2 is 1.85 bits per heavy atom. The van der Waals surface area contributed by atoms with Crippen molar-refractivity contribution in [1.29, 1.82) is 0 Å². The van der Waals surface area contributed by atoms with E-state index in [1.807, 2.05) is 11.6 Å². The molecule has 1 amide bonds. The van der Waals surface area contributed by atoms with E-state index in [1.54, 1.807) is 44.3 Å². The monoisotopic (exact) mass is 371 g/mol. The molecule has 27 heavy (non-hydrogen) atoms. The lowest BCUT2D eigenvalue weighted by atomic mass is 9.85. The van der Waals surface area contributed by atoms with Crippen molar-refractivity contribution in [1.82, 2.24) is 9.78 Å². The molecule has 0 atom stereocenters. The Labute approximate surface area is 158 Å². The van der Waals surface area contributed by atoms with E-state index in [9.17, 15) is 14.7 Å². The van der Waals surface area contributed by atoms with Crippen LogP contribution in [0.1, 0.15) is 54.3 Å². The summed E-state index contributed by atoms with van der Waals surface area (Å²) in [4.78, 5) is 24.0. The molecule has 144 valence electrons. The van der Waals surface area contributed by atoms with Gasteiger partial charge in [-0.3, -0.25) is 14.3 Å². The van der Waals surface area contributed by atoms with Gasteiger partial charge in [-0.25, -0.2) is 0 Å². The maximum Gasteiger partial charge on any atom is 0.313 e. The lowest BCUT2D eigenvalue weighted by molar-refractivity contribution is -0.142. The molecule has 0 unspecified atom stereocenters. The molecule has 0 bridgehead atoms. The zero-order chi connectivity index (χ0) is 19.6. The third-order valence-corrected chi connectivity index (χ3v) is 5.23. The maximum absolute atomic E-state index is 12.6. The highest BCUT2D eigenvalue weighted by atomic mass is 16.5. The molecule has 1 aromatic carbocycles. The molecule has 1 fully saturated rings. The summed E-state index contributed by atoms with van der Waals surface area (Å²) in [7, 11) is 0. The van der Waals surface area contributed by atoms with Crippen molar-refractivity contribution in [2.45, 2.75) is 45.1 Å².